The van der Waals surface area contributed by atoms with Gasteiger partial charge in [-0.15, -0.1) is 11.8 Å². The van der Waals surface area contributed by atoms with Crippen molar-refractivity contribution in [2.75, 3.05) is 5.75 Å². The second-order valence-corrected chi connectivity index (χ2v) is 3.99. The lowest BCUT2D eigenvalue weighted by atomic mass is 10.2. The van der Waals surface area contributed by atoms with Crippen LogP contribution in [0.3, 0.4) is 0 Å². The first-order valence-electron chi connectivity index (χ1n) is 4.49. The standard InChI is InChI=1S/C9H13NO3S/c11-8-4-2-1-3-5-14-6-7(10-8)9(12)13/h3,5,7H,1-2,4,6H2,(H,10,11)(H,12,13)/b5-3-. The predicted molar refractivity (Wildman–Crippen MR) is 55.0 cm³/mol. The van der Waals surface area contributed by atoms with Gasteiger partial charge in [0.1, 0.15) is 6.04 Å². The summed E-state index contributed by atoms with van der Waals surface area (Å²) in [6.07, 6.45) is 4.02. The summed E-state index contributed by atoms with van der Waals surface area (Å²) in [5.74, 6) is -0.759. The van der Waals surface area contributed by atoms with Crippen molar-refractivity contribution in [1.82, 2.24) is 5.32 Å². The first kappa shape index (κ1) is 11.1. The van der Waals surface area contributed by atoms with E-state index >= 15 is 0 Å². The van der Waals surface area contributed by atoms with Crippen LogP contribution in [0.25, 0.3) is 0 Å². The van der Waals surface area contributed by atoms with Gasteiger partial charge in [0.15, 0.2) is 0 Å². The molecular weight excluding hydrogens is 202 g/mol. The molecule has 0 aromatic carbocycles. The molecule has 78 valence electrons. The number of carbonyl (C=O) groups is 2. The Kier molecular flexibility index (Phi) is 4.52. The van der Waals surface area contributed by atoms with Gasteiger partial charge in [0.2, 0.25) is 5.91 Å². The number of hydrogen-bond acceptors (Lipinski definition) is 3. The van der Waals surface area contributed by atoms with Crippen LogP contribution in [0.1, 0.15) is 19.3 Å². The molecule has 1 unspecified atom stereocenters. The van der Waals surface area contributed by atoms with Gasteiger partial charge in [0, 0.05) is 12.2 Å². The molecule has 0 saturated heterocycles. The second-order valence-electron chi connectivity index (χ2n) is 3.06. The maximum Gasteiger partial charge on any atom is 0.327 e. The topological polar surface area (TPSA) is 66.4 Å². The average Bonchev–Trinajstić information content (AvgIpc) is 2.15. The van der Waals surface area contributed by atoms with Crippen molar-refractivity contribution in [3.8, 4) is 0 Å². The fourth-order valence-corrected chi connectivity index (χ4v) is 1.91. The summed E-state index contributed by atoms with van der Waals surface area (Å²) in [4.78, 5) is 21.9. The molecular formula is C9H13NO3S. The Labute approximate surface area is 86.8 Å². The highest BCUT2D eigenvalue weighted by Crippen LogP contribution is 2.09. The number of carboxylic acid groups (broad SMARTS) is 1. The van der Waals surface area contributed by atoms with Gasteiger partial charge in [0.05, 0.1) is 0 Å². The van der Waals surface area contributed by atoms with E-state index in [1.807, 2.05) is 11.5 Å². The molecule has 1 heterocycles. The van der Waals surface area contributed by atoms with Crippen LogP contribution in [0.5, 0.6) is 0 Å². The molecule has 0 aliphatic carbocycles. The Morgan fingerprint density at radius 1 is 1.64 bits per heavy atom. The summed E-state index contributed by atoms with van der Waals surface area (Å²) in [6, 6.07) is -0.768. The first-order chi connectivity index (χ1) is 6.70. The minimum atomic E-state index is -0.972. The molecule has 14 heavy (non-hydrogen) atoms. The van der Waals surface area contributed by atoms with E-state index in [0.717, 1.165) is 12.8 Å². The highest BCUT2D eigenvalue weighted by molar-refractivity contribution is 8.02. The lowest BCUT2D eigenvalue weighted by molar-refractivity contribution is -0.141. The molecule has 0 aromatic heterocycles. The van der Waals surface area contributed by atoms with Crippen molar-refractivity contribution in [2.45, 2.75) is 25.3 Å². The molecule has 1 aliphatic rings. The average molecular weight is 215 g/mol. The van der Waals surface area contributed by atoms with Crippen LogP contribution in [-0.4, -0.2) is 28.8 Å². The summed E-state index contributed by atoms with van der Waals surface area (Å²) in [5.41, 5.74) is 0. The molecule has 5 heteroatoms. The lowest BCUT2D eigenvalue weighted by Crippen LogP contribution is -2.42. The largest absolute Gasteiger partial charge is 0.480 e. The number of carbonyl (C=O) groups excluding carboxylic acids is 1. The Balaban J connectivity index is 2.56. The molecule has 0 spiro atoms. The Morgan fingerprint density at radius 2 is 2.43 bits per heavy atom. The molecule has 0 aromatic rings. The fraction of sp³-hybridized carbons (Fsp3) is 0.556. The molecule has 1 atom stereocenters. The van der Waals surface area contributed by atoms with E-state index in [-0.39, 0.29) is 5.91 Å². The zero-order valence-corrected chi connectivity index (χ0v) is 8.55. The molecule has 1 amide bonds. The third-order valence-corrected chi connectivity index (χ3v) is 2.77. The van der Waals surface area contributed by atoms with E-state index in [0.29, 0.717) is 12.2 Å². The summed E-state index contributed by atoms with van der Waals surface area (Å²) in [6.45, 7) is 0. The third kappa shape index (κ3) is 3.83. The van der Waals surface area contributed by atoms with Crippen LogP contribution in [0.15, 0.2) is 11.5 Å². The Hall–Kier alpha value is -0.970. The van der Waals surface area contributed by atoms with Crippen molar-refractivity contribution in [3.05, 3.63) is 11.5 Å². The number of carboxylic acids is 1. The number of rotatable bonds is 1. The zero-order chi connectivity index (χ0) is 10.4. The van der Waals surface area contributed by atoms with E-state index < -0.39 is 12.0 Å². The van der Waals surface area contributed by atoms with Crippen molar-refractivity contribution >= 4 is 23.6 Å². The molecule has 4 nitrogen and oxygen atoms in total. The Bertz CT molecular complexity index is 252. The van der Waals surface area contributed by atoms with Gasteiger partial charge in [-0.3, -0.25) is 4.79 Å². The van der Waals surface area contributed by atoms with Gasteiger partial charge in [0.25, 0.3) is 0 Å². The number of nitrogens with one attached hydrogen (secondary N) is 1. The highest BCUT2D eigenvalue weighted by atomic mass is 32.2. The van der Waals surface area contributed by atoms with E-state index in [4.69, 9.17) is 5.11 Å². The molecule has 0 fully saturated rings. The predicted octanol–water partition coefficient (Wildman–Crippen LogP) is 0.987. The number of thioether (sulfide) groups is 1. The second kappa shape index (κ2) is 5.70. The number of hydrogen-bond donors (Lipinski definition) is 2. The van der Waals surface area contributed by atoms with Gasteiger partial charge in [-0.05, 0) is 18.2 Å². The summed E-state index contributed by atoms with van der Waals surface area (Å²) in [5, 5.41) is 13.2. The SMILES string of the molecule is O=C1CCC/C=C\SCC(C(=O)O)N1. The monoisotopic (exact) mass is 215 g/mol. The number of allylic oxidation sites excluding steroid dienone is 1. The maximum atomic E-state index is 11.2. The van der Waals surface area contributed by atoms with Crippen LogP contribution < -0.4 is 5.32 Å². The van der Waals surface area contributed by atoms with E-state index in [2.05, 4.69) is 5.32 Å². The third-order valence-electron chi connectivity index (χ3n) is 1.86. The minimum absolute atomic E-state index is 0.173. The molecule has 0 bridgehead atoms. The number of amides is 1. The Morgan fingerprint density at radius 3 is 3.14 bits per heavy atom. The minimum Gasteiger partial charge on any atom is -0.480 e. The lowest BCUT2D eigenvalue weighted by Gasteiger charge is -2.13. The van der Waals surface area contributed by atoms with Crippen LogP contribution >= 0.6 is 11.8 Å². The fourth-order valence-electron chi connectivity index (χ4n) is 1.11. The first-order valence-corrected chi connectivity index (χ1v) is 5.54. The van der Waals surface area contributed by atoms with Gasteiger partial charge in [-0.1, -0.05) is 6.08 Å². The van der Waals surface area contributed by atoms with Crippen LogP contribution in [0, 0.1) is 0 Å². The smallest absolute Gasteiger partial charge is 0.327 e. The van der Waals surface area contributed by atoms with Gasteiger partial charge >= 0.3 is 5.97 Å². The molecule has 0 radical (unpaired) electrons. The van der Waals surface area contributed by atoms with Gasteiger partial charge in [-0.2, -0.15) is 0 Å². The van der Waals surface area contributed by atoms with Crippen molar-refractivity contribution < 1.29 is 14.7 Å². The molecule has 2 N–H and O–H groups in total. The normalized spacial score (nSPS) is 26.3. The highest BCUT2D eigenvalue weighted by Gasteiger charge is 2.19. The quantitative estimate of drug-likeness (QED) is 0.684. The summed E-state index contributed by atoms with van der Waals surface area (Å²) in [7, 11) is 0. The van der Waals surface area contributed by atoms with Crippen LogP contribution in [0.4, 0.5) is 0 Å². The summed E-state index contributed by atoms with van der Waals surface area (Å²) < 4.78 is 0. The molecule has 1 rings (SSSR count). The zero-order valence-electron chi connectivity index (χ0n) is 7.73. The van der Waals surface area contributed by atoms with Crippen molar-refractivity contribution in [2.24, 2.45) is 0 Å². The van der Waals surface area contributed by atoms with E-state index in [1.54, 1.807) is 0 Å². The molecule has 0 saturated carbocycles. The maximum absolute atomic E-state index is 11.2. The summed E-state index contributed by atoms with van der Waals surface area (Å²) >= 11 is 1.41. The van der Waals surface area contributed by atoms with Crippen molar-refractivity contribution in [1.29, 1.82) is 0 Å². The van der Waals surface area contributed by atoms with Crippen LogP contribution in [0.2, 0.25) is 0 Å². The van der Waals surface area contributed by atoms with Gasteiger partial charge in [-0.25, -0.2) is 4.79 Å². The van der Waals surface area contributed by atoms with E-state index in [1.165, 1.54) is 11.8 Å². The number of aliphatic carboxylic acids is 1. The van der Waals surface area contributed by atoms with E-state index in [9.17, 15) is 9.59 Å². The van der Waals surface area contributed by atoms with Crippen LogP contribution in [-0.2, 0) is 9.59 Å². The molecule has 1 aliphatic heterocycles. The van der Waals surface area contributed by atoms with Crippen molar-refractivity contribution in [3.63, 3.8) is 0 Å². The van der Waals surface area contributed by atoms with Gasteiger partial charge < -0.3 is 10.4 Å².